The van der Waals surface area contributed by atoms with Gasteiger partial charge in [-0.25, -0.2) is 0 Å². The SMILES string of the molecule is CC(C)(C)NCC1(CCOCC(F)(F)F)CCOC1. The molecule has 6 heteroatoms. The highest BCUT2D eigenvalue weighted by molar-refractivity contribution is 4.87. The molecule has 0 spiro atoms. The van der Waals surface area contributed by atoms with E-state index < -0.39 is 12.8 Å². The van der Waals surface area contributed by atoms with Gasteiger partial charge in [0.05, 0.1) is 6.61 Å². The van der Waals surface area contributed by atoms with Gasteiger partial charge in [-0.1, -0.05) is 0 Å². The van der Waals surface area contributed by atoms with Crippen molar-refractivity contribution >= 4 is 0 Å². The van der Waals surface area contributed by atoms with Crippen molar-refractivity contribution in [3.63, 3.8) is 0 Å². The minimum Gasteiger partial charge on any atom is -0.381 e. The van der Waals surface area contributed by atoms with Crippen LogP contribution in [0.5, 0.6) is 0 Å². The summed E-state index contributed by atoms with van der Waals surface area (Å²) in [6, 6.07) is 0. The Morgan fingerprint density at radius 1 is 1.26 bits per heavy atom. The quantitative estimate of drug-likeness (QED) is 0.760. The van der Waals surface area contributed by atoms with Crippen molar-refractivity contribution in [1.29, 1.82) is 0 Å². The number of halogens is 3. The molecule has 1 aliphatic rings. The lowest BCUT2D eigenvalue weighted by molar-refractivity contribution is -0.175. The van der Waals surface area contributed by atoms with E-state index in [9.17, 15) is 13.2 Å². The van der Waals surface area contributed by atoms with Crippen LogP contribution in [0.1, 0.15) is 33.6 Å². The maximum Gasteiger partial charge on any atom is 0.411 e. The van der Waals surface area contributed by atoms with E-state index in [2.05, 4.69) is 26.1 Å². The van der Waals surface area contributed by atoms with E-state index in [-0.39, 0.29) is 17.6 Å². The largest absolute Gasteiger partial charge is 0.411 e. The van der Waals surface area contributed by atoms with Crippen LogP contribution in [0, 0.1) is 5.41 Å². The third-order valence-corrected chi connectivity index (χ3v) is 3.22. The predicted octanol–water partition coefficient (Wildman–Crippen LogP) is 2.75. The molecular weight excluding hydrogens is 259 g/mol. The zero-order valence-electron chi connectivity index (χ0n) is 11.9. The first-order valence-electron chi connectivity index (χ1n) is 6.59. The van der Waals surface area contributed by atoms with E-state index in [4.69, 9.17) is 9.47 Å². The molecule has 0 aromatic carbocycles. The molecule has 1 fully saturated rings. The summed E-state index contributed by atoms with van der Waals surface area (Å²) in [5.41, 5.74) is -0.110. The zero-order chi connectivity index (χ0) is 14.6. The fraction of sp³-hybridized carbons (Fsp3) is 1.00. The highest BCUT2D eigenvalue weighted by Crippen LogP contribution is 2.32. The molecule has 0 saturated carbocycles. The maximum atomic E-state index is 12.0. The van der Waals surface area contributed by atoms with Gasteiger partial charge in [0.2, 0.25) is 0 Å². The van der Waals surface area contributed by atoms with Crippen molar-refractivity contribution in [2.24, 2.45) is 5.41 Å². The zero-order valence-corrected chi connectivity index (χ0v) is 11.9. The average Bonchev–Trinajstić information content (AvgIpc) is 2.69. The van der Waals surface area contributed by atoms with Crippen LogP contribution in [0.25, 0.3) is 0 Å². The van der Waals surface area contributed by atoms with Gasteiger partial charge >= 0.3 is 6.18 Å². The summed E-state index contributed by atoms with van der Waals surface area (Å²) in [5, 5.41) is 3.40. The summed E-state index contributed by atoms with van der Waals surface area (Å²) < 4.78 is 46.1. The number of alkyl halides is 3. The molecular formula is C13H24F3NO2. The van der Waals surface area contributed by atoms with E-state index >= 15 is 0 Å². The molecule has 1 N–H and O–H groups in total. The summed E-state index contributed by atoms with van der Waals surface area (Å²) in [6.07, 6.45) is -2.79. The van der Waals surface area contributed by atoms with Gasteiger partial charge in [-0.05, 0) is 33.6 Å². The standard InChI is InChI=1S/C13H24F3NO2/c1-11(2,3)17-8-12(4-6-18-9-12)5-7-19-10-13(14,15)16/h17H,4-10H2,1-3H3. The summed E-state index contributed by atoms with van der Waals surface area (Å²) in [7, 11) is 0. The molecule has 1 unspecified atom stereocenters. The molecule has 0 aliphatic carbocycles. The van der Waals surface area contributed by atoms with Crippen LogP contribution in [0.2, 0.25) is 0 Å². The molecule has 0 aromatic rings. The van der Waals surface area contributed by atoms with E-state index in [0.717, 1.165) is 13.0 Å². The first-order chi connectivity index (χ1) is 8.62. The van der Waals surface area contributed by atoms with Gasteiger partial charge in [-0.15, -0.1) is 0 Å². The van der Waals surface area contributed by atoms with Crippen LogP contribution < -0.4 is 5.32 Å². The molecule has 0 amide bonds. The summed E-state index contributed by atoms with van der Waals surface area (Å²) in [4.78, 5) is 0. The molecule has 1 aliphatic heterocycles. The Bertz CT molecular complexity index is 268. The van der Waals surface area contributed by atoms with Gasteiger partial charge in [0, 0.05) is 30.7 Å². The van der Waals surface area contributed by atoms with Gasteiger partial charge in [0.25, 0.3) is 0 Å². The lowest BCUT2D eigenvalue weighted by Gasteiger charge is -2.32. The van der Waals surface area contributed by atoms with E-state index in [0.29, 0.717) is 19.6 Å². The number of ether oxygens (including phenoxy) is 2. The van der Waals surface area contributed by atoms with Crippen LogP contribution in [-0.4, -0.2) is 44.7 Å². The Hall–Kier alpha value is -0.330. The Balaban J connectivity index is 2.35. The average molecular weight is 283 g/mol. The van der Waals surface area contributed by atoms with Gasteiger partial charge in [0.15, 0.2) is 0 Å². The number of hydrogen-bond donors (Lipinski definition) is 1. The topological polar surface area (TPSA) is 30.5 Å². The number of rotatable bonds is 6. The molecule has 19 heavy (non-hydrogen) atoms. The van der Waals surface area contributed by atoms with Gasteiger partial charge < -0.3 is 14.8 Å². The second kappa shape index (κ2) is 6.41. The van der Waals surface area contributed by atoms with Crippen molar-refractivity contribution in [2.75, 3.05) is 33.0 Å². The van der Waals surface area contributed by atoms with E-state index in [1.54, 1.807) is 0 Å². The smallest absolute Gasteiger partial charge is 0.381 e. The van der Waals surface area contributed by atoms with Crippen LogP contribution >= 0.6 is 0 Å². The molecule has 3 nitrogen and oxygen atoms in total. The van der Waals surface area contributed by atoms with E-state index in [1.165, 1.54) is 0 Å². The van der Waals surface area contributed by atoms with Crippen LogP contribution in [-0.2, 0) is 9.47 Å². The monoisotopic (exact) mass is 283 g/mol. The molecule has 114 valence electrons. The highest BCUT2D eigenvalue weighted by Gasteiger charge is 2.36. The predicted molar refractivity (Wildman–Crippen MR) is 67.1 cm³/mol. The Labute approximate surface area is 112 Å². The van der Waals surface area contributed by atoms with Crippen LogP contribution in [0.4, 0.5) is 13.2 Å². The molecule has 0 radical (unpaired) electrons. The Morgan fingerprint density at radius 2 is 1.95 bits per heavy atom. The lowest BCUT2D eigenvalue weighted by atomic mass is 9.83. The molecule has 0 aromatic heterocycles. The molecule has 1 atom stereocenters. The minimum absolute atomic E-state index is 0.0115. The van der Waals surface area contributed by atoms with Crippen LogP contribution in [0.15, 0.2) is 0 Å². The third-order valence-electron chi connectivity index (χ3n) is 3.22. The number of hydrogen-bond acceptors (Lipinski definition) is 3. The lowest BCUT2D eigenvalue weighted by Crippen LogP contribution is -2.44. The number of nitrogens with one attached hydrogen (secondary N) is 1. The van der Waals surface area contributed by atoms with Crippen molar-refractivity contribution in [1.82, 2.24) is 5.32 Å². The Morgan fingerprint density at radius 3 is 2.42 bits per heavy atom. The fourth-order valence-electron chi connectivity index (χ4n) is 2.00. The van der Waals surface area contributed by atoms with E-state index in [1.807, 2.05) is 0 Å². The van der Waals surface area contributed by atoms with Crippen molar-refractivity contribution in [2.45, 2.75) is 45.3 Å². The van der Waals surface area contributed by atoms with Gasteiger partial charge in [0.1, 0.15) is 6.61 Å². The van der Waals surface area contributed by atoms with Gasteiger partial charge in [-0.3, -0.25) is 0 Å². The van der Waals surface area contributed by atoms with Crippen molar-refractivity contribution in [3.8, 4) is 0 Å². The summed E-state index contributed by atoms with van der Waals surface area (Å²) in [5.74, 6) is 0. The second-order valence-corrected chi connectivity index (χ2v) is 6.32. The van der Waals surface area contributed by atoms with Crippen LogP contribution in [0.3, 0.4) is 0 Å². The first-order valence-corrected chi connectivity index (χ1v) is 6.59. The fourth-order valence-corrected chi connectivity index (χ4v) is 2.00. The van der Waals surface area contributed by atoms with Crippen molar-refractivity contribution in [3.05, 3.63) is 0 Å². The van der Waals surface area contributed by atoms with Gasteiger partial charge in [-0.2, -0.15) is 13.2 Å². The Kier molecular flexibility index (Phi) is 5.65. The summed E-state index contributed by atoms with van der Waals surface area (Å²) in [6.45, 7) is 7.15. The summed E-state index contributed by atoms with van der Waals surface area (Å²) >= 11 is 0. The van der Waals surface area contributed by atoms with Crippen molar-refractivity contribution < 1.29 is 22.6 Å². The minimum atomic E-state index is -4.25. The first kappa shape index (κ1) is 16.7. The highest BCUT2D eigenvalue weighted by atomic mass is 19.4. The molecule has 1 rings (SSSR count). The molecule has 1 heterocycles. The third kappa shape index (κ3) is 7.13. The maximum absolute atomic E-state index is 12.0. The second-order valence-electron chi connectivity index (χ2n) is 6.32. The molecule has 1 saturated heterocycles. The molecule has 0 bridgehead atoms. The normalized spacial score (nSPS) is 24.9.